The normalized spacial score (nSPS) is 18.0. The summed E-state index contributed by atoms with van der Waals surface area (Å²) in [7, 11) is 0. The zero-order valence-electron chi connectivity index (χ0n) is 15.5. The molecule has 0 N–H and O–H groups in total. The van der Waals surface area contributed by atoms with Crippen LogP contribution >= 0.6 is 0 Å². The van der Waals surface area contributed by atoms with E-state index in [9.17, 15) is 31.1 Å². The Hall–Kier alpha value is -2.59. The Morgan fingerprint density at radius 2 is 1.53 bits per heavy atom. The summed E-state index contributed by atoms with van der Waals surface area (Å²) in [5.41, 5.74) is -2.40. The molecule has 1 aliphatic rings. The molecule has 0 saturated carbocycles. The quantitative estimate of drug-likeness (QED) is 0.646. The van der Waals surface area contributed by atoms with Gasteiger partial charge in [0, 0.05) is 13.1 Å². The molecule has 1 aliphatic heterocycles. The first-order valence-corrected chi connectivity index (χ1v) is 8.88. The Balaban J connectivity index is 1.72. The van der Waals surface area contributed by atoms with E-state index in [1.165, 1.54) is 4.90 Å². The van der Waals surface area contributed by atoms with Crippen molar-refractivity contribution in [3.63, 3.8) is 0 Å². The van der Waals surface area contributed by atoms with Crippen LogP contribution in [0, 0.1) is 0 Å². The molecule has 1 unspecified atom stereocenters. The highest BCUT2D eigenvalue weighted by Gasteiger charge is 2.37. The van der Waals surface area contributed by atoms with E-state index in [0.29, 0.717) is 12.1 Å². The average Bonchev–Trinajstić information content (AvgIpc) is 2.68. The van der Waals surface area contributed by atoms with Gasteiger partial charge in [-0.15, -0.1) is 0 Å². The van der Waals surface area contributed by atoms with E-state index in [4.69, 9.17) is 9.47 Å². The van der Waals surface area contributed by atoms with Crippen molar-refractivity contribution in [2.75, 3.05) is 13.2 Å². The number of alkyl halides is 6. The van der Waals surface area contributed by atoms with E-state index in [1.807, 2.05) is 18.2 Å². The smallest absolute Gasteiger partial charge is 0.343 e. The molecular weight excluding hydrogens is 416 g/mol. The molecule has 0 spiro atoms. The van der Waals surface area contributed by atoms with Gasteiger partial charge >= 0.3 is 12.4 Å². The van der Waals surface area contributed by atoms with Crippen LogP contribution in [0.5, 0.6) is 0 Å². The minimum atomic E-state index is -4.96. The van der Waals surface area contributed by atoms with Crippen molar-refractivity contribution in [2.45, 2.75) is 31.8 Å². The fourth-order valence-corrected chi connectivity index (χ4v) is 2.96. The summed E-state index contributed by atoms with van der Waals surface area (Å²) in [6.45, 7) is 0.0439. The van der Waals surface area contributed by atoms with Crippen LogP contribution < -0.4 is 0 Å². The highest BCUT2D eigenvalue weighted by atomic mass is 19.4. The molecule has 0 aliphatic carbocycles. The summed E-state index contributed by atoms with van der Waals surface area (Å²) in [5, 5.41) is 0. The minimum Gasteiger partial charge on any atom is -0.343 e. The van der Waals surface area contributed by atoms with Gasteiger partial charge in [0.15, 0.2) is 0 Å². The average molecular weight is 433 g/mol. The number of hydrogen-bond donors (Lipinski definition) is 0. The molecule has 1 saturated heterocycles. The molecule has 1 heterocycles. The number of carbonyl (C=O) groups is 1. The molecular formula is C20H17F6NO3. The Morgan fingerprint density at radius 1 is 0.933 bits per heavy atom. The Labute approximate surface area is 168 Å². The SMILES string of the molecule is O=C1C(OCc2cc(C(F)(F)F)cc(C(F)(F)F)c2)OCCN1Cc1ccccc1. The summed E-state index contributed by atoms with van der Waals surface area (Å²) in [6, 6.07) is 10.2. The lowest BCUT2D eigenvalue weighted by molar-refractivity contribution is -0.201. The molecule has 4 nitrogen and oxygen atoms in total. The lowest BCUT2D eigenvalue weighted by Crippen LogP contribution is -2.48. The third-order valence-electron chi connectivity index (χ3n) is 4.41. The van der Waals surface area contributed by atoms with Crippen LogP contribution in [0.25, 0.3) is 0 Å². The number of nitrogens with zero attached hydrogens (tertiary/aromatic N) is 1. The third kappa shape index (κ3) is 5.51. The first-order chi connectivity index (χ1) is 14.0. The number of halogens is 6. The van der Waals surface area contributed by atoms with Crippen molar-refractivity contribution in [3.8, 4) is 0 Å². The van der Waals surface area contributed by atoms with Crippen LogP contribution in [-0.2, 0) is 39.8 Å². The molecule has 1 amide bonds. The number of morpholine rings is 1. The van der Waals surface area contributed by atoms with Crippen molar-refractivity contribution in [3.05, 3.63) is 70.8 Å². The van der Waals surface area contributed by atoms with E-state index < -0.39 is 42.3 Å². The molecule has 0 bridgehead atoms. The molecule has 3 rings (SSSR count). The van der Waals surface area contributed by atoms with Gasteiger partial charge in [-0.05, 0) is 29.3 Å². The predicted molar refractivity (Wildman–Crippen MR) is 92.8 cm³/mol. The van der Waals surface area contributed by atoms with Gasteiger partial charge in [0.05, 0.1) is 24.3 Å². The van der Waals surface area contributed by atoms with Crippen LogP contribution in [0.4, 0.5) is 26.3 Å². The second-order valence-corrected chi connectivity index (χ2v) is 6.67. The molecule has 2 aromatic rings. The van der Waals surface area contributed by atoms with Gasteiger partial charge in [0.2, 0.25) is 6.29 Å². The third-order valence-corrected chi connectivity index (χ3v) is 4.41. The van der Waals surface area contributed by atoms with Crippen molar-refractivity contribution in [2.24, 2.45) is 0 Å². The van der Waals surface area contributed by atoms with Gasteiger partial charge < -0.3 is 14.4 Å². The standard InChI is InChI=1S/C20H17F6NO3/c21-19(22,23)15-8-14(9-16(10-15)20(24,25)26)12-30-18-17(28)27(6-7-29-18)11-13-4-2-1-3-5-13/h1-5,8-10,18H,6-7,11-12H2. The molecule has 0 radical (unpaired) electrons. The molecule has 162 valence electrons. The second-order valence-electron chi connectivity index (χ2n) is 6.67. The van der Waals surface area contributed by atoms with Gasteiger partial charge in [-0.1, -0.05) is 30.3 Å². The Morgan fingerprint density at radius 3 is 2.10 bits per heavy atom. The second kappa shape index (κ2) is 8.65. The number of benzene rings is 2. The lowest BCUT2D eigenvalue weighted by Gasteiger charge is -2.32. The zero-order valence-corrected chi connectivity index (χ0v) is 15.5. The van der Waals surface area contributed by atoms with Gasteiger partial charge in [0.1, 0.15) is 0 Å². The van der Waals surface area contributed by atoms with Gasteiger partial charge in [-0.3, -0.25) is 4.79 Å². The number of rotatable bonds is 5. The topological polar surface area (TPSA) is 38.8 Å². The molecule has 0 aromatic heterocycles. The minimum absolute atomic E-state index is 0.0351. The monoisotopic (exact) mass is 433 g/mol. The maximum absolute atomic E-state index is 13.0. The highest BCUT2D eigenvalue weighted by Crippen LogP contribution is 2.36. The summed E-state index contributed by atoms with van der Waals surface area (Å²) in [5.74, 6) is -0.548. The Kier molecular flexibility index (Phi) is 6.37. The highest BCUT2D eigenvalue weighted by molar-refractivity contribution is 5.80. The first-order valence-electron chi connectivity index (χ1n) is 8.88. The molecule has 10 heteroatoms. The van der Waals surface area contributed by atoms with Gasteiger partial charge in [0.25, 0.3) is 5.91 Å². The lowest BCUT2D eigenvalue weighted by atomic mass is 10.1. The predicted octanol–water partition coefficient (Wildman–Crippen LogP) is 4.63. The molecule has 1 atom stereocenters. The summed E-state index contributed by atoms with van der Waals surface area (Å²) >= 11 is 0. The van der Waals surface area contributed by atoms with Crippen LogP contribution in [0.2, 0.25) is 0 Å². The molecule has 30 heavy (non-hydrogen) atoms. The maximum atomic E-state index is 13.0. The van der Waals surface area contributed by atoms with E-state index >= 15 is 0 Å². The van der Waals surface area contributed by atoms with Gasteiger partial charge in [-0.2, -0.15) is 26.3 Å². The van der Waals surface area contributed by atoms with Crippen molar-refractivity contribution >= 4 is 5.91 Å². The van der Waals surface area contributed by atoms with E-state index in [0.717, 1.165) is 5.56 Å². The zero-order chi connectivity index (χ0) is 21.9. The number of ether oxygens (including phenoxy) is 2. The fourth-order valence-electron chi connectivity index (χ4n) is 2.96. The van der Waals surface area contributed by atoms with Crippen molar-refractivity contribution in [1.29, 1.82) is 0 Å². The van der Waals surface area contributed by atoms with Crippen LogP contribution in [0.3, 0.4) is 0 Å². The van der Waals surface area contributed by atoms with Crippen molar-refractivity contribution in [1.82, 2.24) is 4.90 Å². The van der Waals surface area contributed by atoms with E-state index in [-0.39, 0.29) is 31.3 Å². The largest absolute Gasteiger partial charge is 0.416 e. The van der Waals surface area contributed by atoms with E-state index in [1.54, 1.807) is 12.1 Å². The fraction of sp³-hybridized carbons (Fsp3) is 0.350. The first kappa shape index (κ1) is 22.1. The van der Waals surface area contributed by atoms with Crippen LogP contribution in [-0.4, -0.2) is 30.2 Å². The van der Waals surface area contributed by atoms with Crippen LogP contribution in [0.1, 0.15) is 22.3 Å². The number of hydrogen-bond acceptors (Lipinski definition) is 3. The summed E-state index contributed by atoms with van der Waals surface area (Å²) < 4.78 is 88.2. The van der Waals surface area contributed by atoms with E-state index in [2.05, 4.69) is 0 Å². The molecule has 2 aromatic carbocycles. The number of carbonyl (C=O) groups excluding carboxylic acids is 1. The van der Waals surface area contributed by atoms with Crippen molar-refractivity contribution < 1.29 is 40.6 Å². The van der Waals surface area contributed by atoms with Gasteiger partial charge in [-0.25, -0.2) is 0 Å². The van der Waals surface area contributed by atoms with Crippen LogP contribution in [0.15, 0.2) is 48.5 Å². The molecule has 1 fully saturated rings. The maximum Gasteiger partial charge on any atom is 0.416 e. The summed E-state index contributed by atoms with van der Waals surface area (Å²) in [4.78, 5) is 14.0. The Bertz CT molecular complexity index is 850. The summed E-state index contributed by atoms with van der Waals surface area (Å²) in [6.07, 6.45) is -11.3. The number of amides is 1.